The van der Waals surface area contributed by atoms with Crippen LogP contribution < -0.4 is 5.32 Å². The number of phosphoric ester groups is 1. The lowest BCUT2D eigenvalue weighted by atomic mass is 10.0. The van der Waals surface area contributed by atoms with Gasteiger partial charge in [0.25, 0.3) is 0 Å². The number of carbonyl (C=O) groups is 3. The third kappa shape index (κ3) is 40.8. The van der Waals surface area contributed by atoms with Crippen LogP contribution in [0, 0.1) is 0 Å². The number of aliphatic hydroxyl groups excluding tert-OH is 1. The third-order valence-electron chi connectivity index (χ3n) is 10.3. The van der Waals surface area contributed by atoms with Crippen molar-refractivity contribution in [3.05, 3.63) is 12.2 Å². The van der Waals surface area contributed by atoms with E-state index in [0.29, 0.717) is 12.8 Å². The van der Waals surface area contributed by atoms with E-state index in [-0.39, 0.29) is 12.8 Å². The molecule has 4 N–H and O–H groups in total. The molecule has 336 valence electrons. The fourth-order valence-electron chi connectivity index (χ4n) is 6.66. The summed E-state index contributed by atoms with van der Waals surface area (Å²) in [5.41, 5.74) is 0. The Hall–Kier alpha value is -1.78. The van der Waals surface area contributed by atoms with Gasteiger partial charge >= 0.3 is 19.8 Å². The van der Waals surface area contributed by atoms with Crippen LogP contribution in [0.2, 0.25) is 0 Å². The number of phosphoric acid groups is 1. The third-order valence-corrected chi connectivity index (χ3v) is 11.3. The van der Waals surface area contributed by atoms with Gasteiger partial charge in [0.05, 0.1) is 13.2 Å². The number of unbranched alkanes of at least 4 members (excludes halogenated alkanes) is 28. The summed E-state index contributed by atoms with van der Waals surface area (Å²) in [4.78, 5) is 46.0. The van der Waals surface area contributed by atoms with Gasteiger partial charge in [-0.2, -0.15) is 0 Å². The first kappa shape index (κ1) is 55.2. The van der Waals surface area contributed by atoms with Crippen molar-refractivity contribution >= 4 is 25.7 Å². The maximum atomic E-state index is 12.3. The molecule has 3 unspecified atom stereocenters. The van der Waals surface area contributed by atoms with E-state index in [0.717, 1.165) is 51.4 Å². The Balaban J connectivity index is 3.86. The lowest BCUT2D eigenvalue weighted by Crippen LogP contribution is -2.43. The summed E-state index contributed by atoms with van der Waals surface area (Å²) in [6, 6.07) is -1.54. The number of amides is 1. The number of carbonyl (C=O) groups excluding carboxylic acids is 2. The fourth-order valence-corrected chi connectivity index (χ4v) is 7.44. The van der Waals surface area contributed by atoms with E-state index in [1.165, 1.54) is 135 Å². The van der Waals surface area contributed by atoms with Crippen LogP contribution in [0.15, 0.2) is 12.2 Å². The van der Waals surface area contributed by atoms with Crippen LogP contribution >= 0.6 is 7.82 Å². The molecule has 0 saturated heterocycles. The number of esters is 1. The van der Waals surface area contributed by atoms with E-state index < -0.39 is 57.6 Å². The smallest absolute Gasteiger partial charge is 0.472 e. The summed E-state index contributed by atoms with van der Waals surface area (Å²) in [6.45, 7) is 2.62. The van der Waals surface area contributed by atoms with Gasteiger partial charge in [0, 0.05) is 12.8 Å². The Kier molecular flexibility index (Phi) is 39.7. The highest BCUT2D eigenvalue weighted by Crippen LogP contribution is 2.43. The quantitative estimate of drug-likeness (QED) is 0.0201. The lowest BCUT2D eigenvalue weighted by Gasteiger charge is -2.18. The first-order valence-electron chi connectivity index (χ1n) is 23.2. The molecule has 0 rings (SSSR count). The highest BCUT2D eigenvalue weighted by molar-refractivity contribution is 7.47. The average Bonchev–Trinajstić information content (AvgIpc) is 3.18. The molecule has 0 radical (unpaired) electrons. The van der Waals surface area contributed by atoms with Crippen molar-refractivity contribution in [1.82, 2.24) is 5.32 Å². The molecule has 0 aliphatic heterocycles. The van der Waals surface area contributed by atoms with Crippen LogP contribution in [-0.2, 0) is 32.7 Å². The molecule has 0 aromatic carbocycles. The number of carboxylic acids is 1. The molecule has 11 nitrogen and oxygen atoms in total. The molecule has 3 atom stereocenters. The summed E-state index contributed by atoms with van der Waals surface area (Å²) < 4.78 is 26.9. The molecule has 0 aromatic rings. The van der Waals surface area contributed by atoms with Crippen LogP contribution in [-0.4, -0.2) is 64.9 Å². The van der Waals surface area contributed by atoms with Crippen molar-refractivity contribution in [3.63, 3.8) is 0 Å². The predicted octanol–water partition coefficient (Wildman–Crippen LogP) is 12.1. The molecule has 0 spiro atoms. The van der Waals surface area contributed by atoms with Gasteiger partial charge in [-0.25, -0.2) is 9.36 Å². The Morgan fingerprint density at radius 1 is 0.544 bits per heavy atom. The largest absolute Gasteiger partial charge is 0.480 e. The number of aliphatic hydroxyl groups is 1. The molecule has 1 amide bonds. The minimum Gasteiger partial charge on any atom is -0.480 e. The van der Waals surface area contributed by atoms with Gasteiger partial charge < -0.3 is 25.2 Å². The zero-order chi connectivity index (χ0) is 42.1. The van der Waals surface area contributed by atoms with Gasteiger partial charge in [-0.15, -0.1) is 0 Å². The van der Waals surface area contributed by atoms with Gasteiger partial charge in [0.1, 0.15) is 12.7 Å². The predicted molar refractivity (Wildman–Crippen MR) is 231 cm³/mol. The summed E-state index contributed by atoms with van der Waals surface area (Å²) >= 11 is 0. The van der Waals surface area contributed by atoms with E-state index in [1.807, 2.05) is 0 Å². The van der Waals surface area contributed by atoms with Crippen molar-refractivity contribution in [2.45, 2.75) is 238 Å². The second-order valence-electron chi connectivity index (χ2n) is 15.9. The van der Waals surface area contributed by atoms with Crippen LogP contribution in [0.1, 0.15) is 226 Å². The standard InChI is InChI=1S/C45H86NO10P/c1-3-5-7-9-11-13-15-17-19-20-21-23-24-26-28-30-32-34-36-43(48)46-42(45(50)51)40-56-57(52,53)55-39-41(47)38-54-44(49)37-35-33-31-29-27-25-22-18-16-14-12-10-8-6-4-2/h19-20,41-42,47H,3-18,21-40H2,1-2H3,(H,46,48)(H,50,51)(H,52,53)/b20-19-. The molecule has 0 aromatic heterocycles. The Morgan fingerprint density at radius 2 is 0.912 bits per heavy atom. The van der Waals surface area contributed by atoms with Crippen molar-refractivity contribution < 1.29 is 47.8 Å². The van der Waals surface area contributed by atoms with Gasteiger partial charge in [0.15, 0.2) is 6.04 Å². The second kappa shape index (κ2) is 41.0. The highest BCUT2D eigenvalue weighted by Gasteiger charge is 2.28. The molecular weight excluding hydrogens is 745 g/mol. The number of rotatable bonds is 44. The van der Waals surface area contributed by atoms with Gasteiger partial charge in [0.2, 0.25) is 5.91 Å². The molecule has 12 heteroatoms. The van der Waals surface area contributed by atoms with E-state index in [1.54, 1.807) is 0 Å². The molecule has 0 fully saturated rings. The zero-order valence-electron chi connectivity index (χ0n) is 36.4. The molecule has 0 aliphatic carbocycles. The minimum absolute atomic E-state index is 0.144. The summed E-state index contributed by atoms with van der Waals surface area (Å²) in [5, 5.41) is 21.9. The Labute approximate surface area is 347 Å². The maximum Gasteiger partial charge on any atom is 0.472 e. The normalized spacial score (nSPS) is 13.8. The minimum atomic E-state index is -4.75. The number of nitrogens with one attached hydrogen (secondary N) is 1. The number of ether oxygens (including phenoxy) is 1. The SMILES string of the molecule is CCCCCCCCC/C=C\CCCCCCCCCC(=O)NC(COP(=O)(O)OCC(O)COC(=O)CCCCCCCCCCCCCCCCC)C(=O)O. The number of hydrogen-bond donors (Lipinski definition) is 4. The lowest BCUT2D eigenvalue weighted by molar-refractivity contribution is -0.147. The van der Waals surface area contributed by atoms with Crippen LogP contribution in [0.25, 0.3) is 0 Å². The van der Waals surface area contributed by atoms with Gasteiger partial charge in [-0.05, 0) is 38.5 Å². The van der Waals surface area contributed by atoms with Gasteiger partial charge in [-0.3, -0.25) is 18.6 Å². The summed E-state index contributed by atoms with van der Waals surface area (Å²) in [5.74, 6) is -2.36. The van der Waals surface area contributed by atoms with E-state index in [2.05, 4.69) is 31.3 Å². The molecule has 0 saturated carbocycles. The first-order chi connectivity index (χ1) is 27.6. The molecule has 0 bridgehead atoms. The molecule has 0 heterocycles. The van der Waals surface area contributed by atoms with E-state index >= 15 is 0 Å². The fraction of sp³-hybridized carbons (Fsp3) is 0.889. The zero-order valence-corrected chi connectivity index (χ0v) is 37.3. The van der Waals surface area contributed by atoms with E-state index in [9.17, 15) is 34.1 Å². The number of hydrogen-bond acceptors (Lipinski definition) is 8. The molecule has 57 heavy (non-hydrogen) atoms. The van der Waals surface area contributed by atoms with Crippen LogP contribution in [0.4, 0.5) is 0 Å². The number of carboxylic acid groups (broad SMARTS) is 1. The summed E-state index contributed by atoms with van der Waals surface area (Å²) in [6.07, 6.45) is 40.9. The van der Waals surface area contributed by atoms with E-state index in [4.69, 9.17) is 13.8 Å². The topological polar surface area (TPSA) is 169 Å². The first-order valence-corrected chi connectivity index (χ1v) is 24.7. The number of allylic oxidation sites excluding steroid dienone is 2. The second-order valence-corrected chi connectivity index (χ2v) is 17.4. The monoisotopic (exact) mass is 832 g/mol. The number of aliphatic carboxylic acids is 1. The highest BCUT2D eigenvalue weighted by atomic mass is 31.2. The van der Waals surface area contributed by atoms with Crippen molar-refractivity contribution in [1.29, 1.82) is 0 Å². The Bertz CT molecular complexity index is 1030. The van der Waals surface area contributed by atoms with Crippen molar-refractivity contribution in [3.8, 4) is 0 Å². The average molecular weight is 832 g/mol. The van der Waals surface area contributed by atoms with Crippen LogP contribution in [0.5, 0.6) is 0 Å². The van der Waals surface area contributed by atoms with Gasteiger partial charge in [-0.1, -0.05) is 187 Å². The van der Waals surface area contributed by atoms with Crippen LogP contribution in [0.3, 0.4) is 0 Å². The van der Waals surface area contributed by atoms with Crippen molar-refractivity contribution in [2.75, 3.05) is 19.8 Å². The maximum absolute atomic E-state index is 12.3. The Morgan fingerprint density at radius 3 is 1.33 bits per heavy atom. The summed E-state index contributed by atoms with van der Waals surface area (Å²) in [7, 11) is -4.75. The van der Waals surface area contributed by atoms with Crippen molar-refractivity contribution in [2.24, 2.45) is 0 Å². The molecule has 0 aliphatic rings. The molecular formula is C45H86NO10P.